The van der Waals surface area contributed by atoms with Gasteiger partial charge in [0, 0.05) is 5.56 Å². The molecule has 1 N–H and O–H groups in total. The van der Waals surface area contributed by atoms with Crippen molar-refractivity contribution in [2.24, 2.45) is 0 Å². The molecule has 2 aliphatic heterocycles. The lowest BCUT2D eigenvalue weighted by Gasteiger charge is -2.34. The van der Waals surface area contributed by atoms with Crippen LogP contribution in [0.3, 0.4) is 0 Å². The minimum absolute atomic E-state index is 0.0912. The van der Waals surface area contributed by atoms with Crippen molar-refractivity contribution in [2.75, 3.05) is 6.61 Å². The van der Waals surface area contributed by atoms with Crippen LogP contribution in [0.25, 0.3) is 22.3 Å². The van der Waals surface area contributed by atoms with Crippen LogP contribution < -0.4 is 5.56 Å². The van der Waals surface area contributed by atoms with E-state index in [9.17, 15) is 19.1 Å². The minimum Gasteiger partial charge on any atom is -0.460 e. The molecule has 5 rings (SSSR count). The summed E-state index contributed by atoms with van der Waals surface area (Å²) in [6, 6.07) is 5.71. The highest BCUT2D eigenvalue weighted by Gasteiger charge is 2.46. The van der Waals surface area contributed by atoms with Crippen LogP contribution in [0.5, 0.6) is 0 Å². The van der Waals surface area contributed by atoms with Crippen LogP contribution in [-0.2, 0) is 28.1 Å². The van der Waals surface area contributed by atoms with Gasteiger partial charge in [0.15, 0.2) is 0 Å². The van der Waals surface area contributed by atoms with E-state index in [1.165, 1.54) is 16.7 Å². The molecule has 0 fully saturated rings. The molecule has 0 saturated carbocycles. The Balaban J connectivity index is 1.84. The fourth-order valence-corrected chi connectivity index (χ4v) is 4.37. The van der Waals surface area contributed by atoms with Crippen LogP contribution in [0.15, 0.2) is 29.1 Å². The number of carbonyl (C=O) groups is 1. The number of aliphatic hydroxyl groups excluding tert-OH is 1. The Morgan fingerprint density at radius 2 is 2.07 bits per heavy atom. The zero-order valence-corrected chi connectivity index (χ0v) is 15.5. The van der Waals surface area contributed by atoms with Crippen LogP contribution in [0.2, 0.25) is 0 Å². The number of hydrogen-bond donors (Lipinski definition) is 1. The number of rotatable bonds is 2. The van der Waals surface area contributed by atoms with E-state index >= 15 is 4.39 Å². The van der Waals surface area contributed by atoms with E-state index in [-0.39, 0.29) is 47.3 Å². The zero-order chi connectivity index (χ0) is 20.5. The molecule has 1 atom stereocenters. The van der Waals surface area contributed by atoms with E-state index in [0.29, 0.717) is 11.3 Å². The lowest BCUT2D eigenvalue weighted by Crippen LogP contribution is -2.47. The van der Waals surface area contributed by atoms with Crippen molar-refractivity contribution in [3.63, 3.8) is 0 Å². The maximum absolute atomic E-state index is 15.1. The van der Waals surface area contributed by atoms with E-state index in [1.807, 2.05) is 0 Å². The molecular weight excluding hydrogens is 382 g/mol. The maximum Gasteiger partial charge on any atom is 0.319 e. The Hall–Kier alpha value is -3.13. The summed E-state index contributed by atoms with van der Waals surface area (Å²) in [4.78, 5) is 30.0. The number of benzene rings is 1. The smallest absolute Gasteiger partial charge is 0.319 e. The Bertz CT molecular complexity index is 1280. The van der Waals surface area contributed by atoms with Gasteiger partial charge < -0.3 is 14.4 Å². The molecule has 148 valence electrons. The summed E-state index contributed by atoms with van der Waals surface area (Å²) in [5.74, 6) is -2.07. The Kier molecular flexibility index (Phi) is 3.67. The molecule has 1 aromatic carbocycles. The molecule has 3 aromatic rings. The van der Waals surface area contributed by atoms with Gasteiger partial charge >= 0.3 is 5.97 Å². The normalized spacial score (nSPS) is 19.7. The van der Waals surface area contributed by atoms with Crippen molar-refractivity contribution in [2.45, 2.75) is 31.9 Å². The third-order valence-electron chi connectivity index (χ3n) is 6.08. The van der Waals surface area contributed by atoms with Crippen molar-refractivity contribution in [3.05, 3.63) is 62.9 Å². The van der Waals surface area contributed by atoms with E-state index in [4.69, 9.17) is 4.74 Å². The molecule has 8 heteroatoms. The fourth-order valence-electron chi connectivity index (χ4n) is 4.37. The lowest BCUT2D eigenvalue weighted by atomic mass is 9.75. The summed E-state index contributed by atoms with van der Waals surface area (Å²) < 4.78 is 35.8. The van der Waals surface area contributed by atoms with Crippen molar-refractivity contribution in [1.29, 1.82) is 0 Å². The van der Waals surface area contributed by atoms with E-state index in [2.05, 4.69) is 4.98 Å². The van der Waals surface area contributed by atoms with Crippen LogP contribution >= 0.6 is 0 Å². The predicted molar refractivity (Wildman–Crippen MR) is 99.3 cm³/mol. The quantitative estimate of drug-likeness (QED) is 0.525. The minimum atomic E-state index is -1.35. The van der Waals surface area contributed by atoms with Gasteiger partial charge in [-0.25, -0.2) is 13.8 Å². The van der Waals surface area contributed by atoms with Gasteiger partial charge in [0.1, 0.15) is 23.7 Å². The average molecular weight is 398 g/mol. The Morgan fingerprint density at radius 1 is 1.28 bits per heavy atom. The van der Waals surface area contributed by atoms with Gasteiger partial charge in [-0.2, -0.15) is 0 Å². The molecule has 6 nitrogen and oxygen atoms in total. The first-order chi connectivity index (χ1) is 13.9. The molecule has 1 unspecified atom stereocenters. The maximum atomic E-state index is 15.1. The molecule has 2 aromatic heterocycles. The zero-order valence-electron chi connectivity index (χ0n) is 15.5. The molecule has 0 saturated heterocycles. The van der Waals surface area contributed by atoms with Gasteiger partial charge in [0.25, 0.3) is 5.56 Å². The molecule has 2 aliphatic rings. The number of carbonyl (C=O) groups excluding carboxylic acids is 1. The summed E-state index contributed by atoms with van der Waals surface area (Å²) >= 11 is 0. The molecule has 0 aliphatic carbocycles. The molecule has 0 amide bonds. The van der Waals surface area contributed by atoms with E-state index < -0.39 is 35.2 Å². The van der Waals surface area contributed by atoms with Gasteiger partial charge in [-0.3, -0.25) is 9.59 Å². The Morgan fingerprint density at radius 3 is 2.79 bits per heavy atom. The van der Waals surface area contributed by atoms with Gasteiger partial charge in [0.2, 0.25) is 0 Å². The number of hydrogen-bond acceptors (Lipinski definition) is 5. The fraction of sp³-hybridized carbons (Fsp3) is 0.286. The topological polar surface area (TPSA) is 81.4 Å². The average Bonchev–Trinajstić information content (AvgIpc) is 3.08. The number of ether oxygens (including phenoxy) is 1. The van der Waals surface area contributed by atoms with Crippen molar-refractivity contribution < 1.29 is 23.4 Å². The Labute approximate surface area is 163 Å². The van der Waals surface area contributed by atoms with Crippen LogP contribution in [0.1, 0.15) is 30.0 Å². The highest BCUT2D eigenvalue weighted by molar-refractivity contribution is 5.88. The number of halogens is 2. The van der Waals surface area contributed by atoms with Crippen molar-refractivity contribution in [1.82, 2.24) is 9.55 Å². The van der Waals surface area contributed by atoms with Gasteiger partial charge in [-0.1, -0.05) is 13.0 Å². The first-order valence-electron chi connectivity index (χ1n) is 9.25. The third-order valence-corrected chi connectivity index (χ3v) is 6.08. The number of pyridine rings is 2. The van der Waals surface area contributed by atoms with E-state index in [1.54, 1.807) is 13.0 Å². The molecule has 0 spiro atoms. The highest BCUT2D eigenvalue weighted by Crippen LogP contribution is 2.40. The second kappa shape index (κ2) is 5.93. The second-order valence-corrected chi connectivity index (χ2v) is 7.37. The third kappa shape index (κ3) is 2.15. The first kappa shape index (κ1) is 17.9. The number of fused-ring (bicyclic) bond motifs is 5. The van der Waals surface area contributed by atoms with Crippen LogP contribution in [-0.4, -0.2) is 27.2 Å². The number of aliphatic hydroxyl groups is 1. The first-order valence-corrected chi connectivity index (χ1v) is 9.25. The molecular formula is C21H16F2N2O4. The molecule has 29 heavy (non-hydrogen) atoms. The summed E-state index contributed by atoms with van der Waals surface area (Å²) in [5.41, 5.74) is -0.302. The lowest BCUT2D eigenvalue weighted by molar-refractivity contribution is -0.156. The summed E-state index contributed by atoms with van der Waals surface area (Å²) in [7, 11) is 0. The van der Waals surface area contributed by atoms with Crippen LogP contribution in [0, 0.1) is 11.6 Å². The monoisotopic (exact) mass is 398 g/mol. The summed E-state index contributed by atoms with van der Waals surface area (Å²) in [5, 5.41) is 9.77. The van der Waals surface area contributed by atoms with Crippen molar-refractivity contribution >= 4 is 16.9 Å². The number of aromatic nitrogens is 2. The standard InChI is InChI=1S/C21H16F2N2O4/c1-2-21(9-26)12-6-15-18-10(7-25(15)19(27)11(12)8-29-20(21)28)17(23)16-13(22)4-3-5-14(16)24-18/h3-6,26H,2,7-9H2,1H3. The number of esters is 1. The summed E-state index contributed by atoms with van der Waals surface area (Å²) in [6.45, 7) is 0.902. The number of nitrogens with zero attached hydrogens (tertiary/aromatic N) is 2. The summed E-state index contributed by atoms with van der Waals surface area (Å²) in [6.07, 6.45) is 0.232. The van der Waals surface area contributed by atoms with Gasteiger partial charge in [-0.05, 0) is 30.2 Å². The molecule has 4 heterocycles. The highest BCUT2D eigenvalue weighted by atomic mass is 19.1. The largest absolute Gasteiger partial charge is 0.460 e. The SMILES string of the molecule is CCC1(CO)C(=O)OCc2c1cc1n(c2=O)Cc2c-1nc1cccc(F)c1c2F. The molecule has 0 radical (unpaired) electrons. The predicted octanol–water partition coefficient (Wildman–Crippen LogP) is 2.40. The number of cyclic esters (lactones) is 1. The van der Waals surface area contributed by atoms with Crippen LogP contribution in [0.4, 0.5) is 8.78 Å². The van der Waals surface area contributed by atoms with E-state index in [0.717, 1.165) is 6.07 Å². The van der Waals surface area contributed by atoms with Gasteiger partial charge in [0.05, 0.1) is 41.0 Å². The van der Waals surface area contributed by atoms with Crippen molar-refractivity contribution in [3.8, 4) is 11.4 Å². The second-order valence-electron chi connectivity index (χ2n) is 7.37. The molecule has 0 bridgehead atoms. The van der Waals surface area contributed by atoms with Gasteiger partial charge in [-0.15, -0.1) is 0 Å².